The Bertz CT molecular complexity index is 1430. The number of hydrogen-bond acceptors (Lipinski definition) is 5. The lowest BCUT2D eigenvalue weighted by molar-refractivity contribution is -0.172. The molecular formula is C35H39F4O5PS. The van der Waals surface area contributed by atoms with Crippen molar-refractivity contribution in [1.29, 1.82) is 0 Å². The molecule has 4 aliphatic carbocycles. The summed E-state index contributed by atoms with van der Waals surface area (Å²) >= 11 is 0. The molecule has 0 radical (unpaired) electrons. The van der Waals surface area contributed by atoms with Gasteiger partial charge < -0.3 is 9.29 Å². The maximum atomic E-state index is 13.4. The molecule has 11 heteroatoms. The Morgan fingerprint density at radius 3 is 1.50 bits per heavy atom. The van der Waals surface area contributed by atoms with E-state index in [1.165, 1.54) is 15.9 Å². The molecule has 7 rings (SSSR count). The van der Waals surface area contributed by atoms with Crippen molar-refractivity contribution < 1.29 is 40.1 Å². The van der Waals surface area contributed by atoms with Crippen LogP contribution in [0, 0.1) is 23.2 Å². The Balaban J connectivity index is 0.000000192. The highest BCUT2D eigenvalue weighted by Crippen LogP contribution is 2.60. The predicted octanol–water partition coefficient (Wildman–Crippen LogP) is 6.87. The van der Waals surface area contributed by atoms with E-state index < -0.39 is 47.5 Å². The second kappa shape index (κ2) is 14.1. The Labute approximate surface area is 269 Å². The van der Waals surface area contributed by atoms with Gasteiger partial charge in [-0.05, 0) is 106 Å². The molecule has 5 nitrogen and oxygen atoms in total. The van der Waals surface area contributed by atoms with Gasteiger partial charge in [0.05, 0.1) is 19.9 Å². The minimum atomic E-state index is -6.46. The van der Waals surface area contributed by atoms with Crippen molar-refractivity contribution in [3.8, 4) is 0 Å². The number of ether oxygens (including phenoxy) is 1. The molecule has 0 saturated heterocycles. The van der Waals surface area contributed by atoms with E-state index in [-0.39, 0.29) is 19.0 Å². The molecule has 0 amide bonds. The van der Waals surface area contributed by atoms with Crippen LogP contribution in [0.4, 0.5) is 17.6 Å². The third-order valence-electron chi connectivity index (χ3n) is 9.52. The largest absolute Gasteiger partial charge is 0.743 e. The van der Waals surface area contributed by atoms with Crippen molar-refractivity contribution in [3.05, 3.63) is 91.0 Å². The van der Waals surface area contributed by atoms with Gasteiger partial charge in [0.25, 0.3) is 0 Å². The molecule has 0 aromatic heterocycles. The van der Waals surface area contributed by atoms with Gasteiger partial charge in [-0.2, -0.15) is 17.6 Å². The molecule has 0 heterocycles. The second-order valence-corrected chi connectivity index (χ2v) is 16.8. The highest BCUT2D eigenvalue weighted by atomic mass is 32.2. The second-order valence-electron chi connectivity index (χ2n) is 12.9. The molecule has 4 bridgehead atoms. The van der Waals surface area contributed by atoms with E-state index in [0.29, 0.717) is 17.8 Å². The quantitative estimate of drug-likeness (QED) is 0.0728. The highest BCUT2D eigenvalue weighted by molar-refractivity contribution is 7.86. The van der Waals surface area contributed by atoms with Gasteiger partial charge in [-0.1, -0.05) is 54.6 Å². The number of halogens is 4. The smallest absolute Gasteiger partial charge is 0.396 e. The number of carbonyl (C=O) groups is 1. The van der Waals surface area contributed by atoms with Crippen LogP contribution >= 0.6 is 7.92 Å². The summed E-state index contributed by atoms with van der Waals surface area (Å²) in [5, 5.41) is -1.35. The van der Waals surface area contributed by atoms with Crippen LogP contribution in [-0.2, 0) is 19.6 Å². The predicted molar refractivity (Wildman–Crippen MR) is 172 cm³/mol. The maximum Gasteiger partial charge on any atom is 0.396 e. The van der Waals surface area contributed by atoms with Crippen LogP contribution in [0.1, 0.15) is 57.8 Å². The molecule has 0 aliphatic heterocycles. The van der Waals surface area contributed by atoms with Gasteiger partial charge in [-0.3, -0.25) is 4.79 Å². The number of benzene rings is 3. The molecule has 0 N–H and O–H groups in total. The summed E-state index contributed by atoms with van der Waals surface area (Å²) in [5.41, 5.74) is -0.484. The summed E-state index contributed by atoms with van der Waals surface area (Å²) in [6.45, 7) is -0.188. The summed E-state index contributed by atoms with van der Waals surface area (Å²) in [6, 6.07) is 32.5. The van der Waals surface area contributed by atoms with E-state index in [2.05, 4.69) is 91.0 Å². The van der Waals surface area contributed by atoms with Gasteiger partial charge >= 0.3 is 17.1 Å². The van der Waals surface area contributed by atoms with E-state index >= 15 is 0 Å². The maximum absolute atomic E-state index is 13.4. The van der Waals surface area contributed by atoms with E-state index in [4.69, 9.17) is 4.74 Å². The first-order valence-corrected chi connectivity index (χ1v) is 18.6. The first kappa shape index (κ1) is 34.5. The molecule has 0 atom stereocenters. The van der Waals surface area contributed by atoms with Gasteiger partial charge in [-0.25, -0.2) is 8.42 Å². The van der Waals surface area contributed by atoms with Gasteiger partial charge in [0.1, 0.15) is 15.9 Å². The average molecular weight is 679 g/mol. The molecule has 3 aromatic rings. The van der Waals surface area contributed by atoms with Gasteiger partial charge in [0.2, 0.25) is 0 Å². The number of carbonyl (C=O) groups excluding carboxylic acids is 1. The number of alkyl halides is 4. The van der Waals surface area contributed by atoms with Crippen LogP contribution < -0.4 is 15.9 Å². The zero-order chi connectivity index (χ0) is 33.0. The average Bonchev–Trinajstić information content (AvgIpc) is 3.01. The Morgan fingerprint density at radius 2 is 1.13 bits per heavy atom. The summed E-state index contributed by atoms with van der Waals surface area (Å²) in [5.74, 6) is -3.67. The van der Waals surface area contributed by atoms with Crippen LogP contribution in [0.25, 0.3) is 0 Å². The fraction of sp³-hybridized carbons (Fsp3) is 0.457. The van der Waals surface area contributed by atoms with Crippen LogP contribution in [0.2, 0.25) is 0 Å². The zero-order valence-electron chi connectivity index (χ0n) is 25.4. The number of rotatable bonds is 11. The zero-order valence-corrected chi connectivity index (χ0v) is 27.2. The van der Waals surface area contributed by atoms with Crippen molar-refractivity contribution >= 4 is 39.9 Å². The van der Waals surface area contributed by atoms with Crippen molar-refractivity contribution in [2.24, 2.45) is 23.2 Å². The van der Waals surface area contributed by atoms with Gasteiger partial charge in [0, 0.05) is 6.42 Å². The minimum Gasteiger partial charge on any atom is -0.743 e. The van der Waals surface area contributed by atoms with Gasteiger partial charge in [-0.15, -0.1) is 0 Å². The standard InChI is InChI=1S/C18H15P.C17H24F4O5S/c1-4-10-16(11-5-1)19(17-12-6-2-7-13-17)18-14-8-3-9-15-18;18-16(19,17(20,21)27(23,24)25)3-1-2-4-26-14(22)15-8-11-5-12(9-15)7-13(6-11)10-15/h1-15H;11-13H,1-10H2,(H,23,24,25). The minimum absolute atomic E-state index is 0.108. The highest BCUT2D eigenvalue weighted by Gasteiger charge is 2.61. The third-order valence-corrected chi connectivity index (χ3v) is 13.2. The molecule has 4 aliphatic rings. The summed E-state index contributed by atoms with van der Waals surface area (Å²) in [6.07, 6.45) is 3.76. The Kier molecular flexibility index (Phi) is 10.6. The van der Waals surface area contributed by atoms with Gasteiger partial charge in [0.15, 0.2) is 10.1 Å². The molecular weight excluding hydrogens is 639 g/mol. The lowest BCUT2D eigenvalue weighted by Gasteiger charge is -2.55. The van der Waals surface area contributed by atoms with Crippen molar-refractivity contribution in [1.82, 2.24) is 0 Å². The van der Waals surface area contributed by atoms with Crippen LogP contribution in [0.3, 0.4) is 0 Å². The fourth-order valence-corrected chi connectivity index (χ4v) is 10.8. The molecule has 0 unspecified atom stereocenters. The first-order chi connectivity index (χ1) is 21.8. The van der Waals surface area contributed by atoms with E-state index in [1.807, 2.05) is 0 Å². The topological polar surface area (TPSA) is 83.5 Å². The van der Waals surface area contributed by atoms with E-state index in [9.17, 15) is 35.3 Å². The Hall–Kier alpha value is -2.81. The molecule has 0 spiro atoms. The van der Waals surface area contributed by atoms with Crippen molar-refractivity contribution in [2.75, 3.05) is 6.61 Å². The number of unbranched alkanes of at least 4 members (excludes halogenated alkanes) is 1. The van der Waals surface area contributed by atoms with Crippen molar-refractivity contribution in [2.45, 2.75) is 69.0 Å². The normalized spacial score (nSPS) is 23.9. The number of hydrogen-bond donors (Lipinski definition) is 0. The molecule has 3 aromatic carbocycles. The molecule has 248 valence electrons. The summed E-state index contributed by atoms with van der Waals surface area (Å²) < 4.78 is 89.0. The first-order valence-electron chi connectivity index (χ1n) is 15.7. The van der Waals surface area contributed by atoms with Crippen LogP contribution in [-0.4, -0.2) is 36.7 Å². The molecule has 46 heavy (non-hydrogen) atoms. The van der Waals surface area contributed by atoms with Crippen LogP contribution in [0.5, 0.6) is 0 Å². The lowest BCUT2D eigenvalue weighted by atomic mass is 9.49. The monoisotopic (exact) mass is 678 g/mol. The van der Waals surface area contributed by atoms with E-state index in [0.717, 1.165) is 38.5 Å². The van der Waals surface area contributed by atoms with E-state index in [1.54, 1.807) is 0 Å². The SMILES string of the molecule is O=C(OCCCCC(F)(F)C(F)(F)S(=O)(=O)[O-])C12CC3CC(CC(C3)C1)C2.c1ccc([PH+](c2ccccc2)c2ccccc2)cc1. The summed E-state index contributed by atoms with van der Waals surface area (Å²) in [7, 11) is -7.34. The molecule has 4 fully saturated rings. The number of esters is 1. The van der Waals surface area contributed by atoms with Crippen molar-refractivity contribution in [3.63, 3.8) is 0 Å². The summed E-state index contributed by atoms with van der Waals surface area (Å²) in [4.78, 5) is 12.5. The van der Waals surface area contributed by atoms with Crippen LogP contribution in [0.15, 0.2) is 91.0 Å². The molecule has 4 saturated carbocycles. The third kappa shape index (κ3) is 7.66. The fourth-order valence-electron chi connectivity index (χ4n) is 7.77. The Morgan fingerprint density at radius 1 is 0.739 bits per heavy atom. The lowest BCUT2D eigenvalue weighted by Crippen LogP contribution is -2.50.